The second-order valence-electron chi connectivity index (χ2n) is 10.4. The lowest BCUT2D eigenvalue weighted by Gasteiger charge is -2.29. The van der Waals surface area contributed by atoms with E-state index in [2.05, 4.69) is 19.9 Å². The fourth-order valence-electron chi connectivity index (χ4n) is 5.42. The number of ether oxygens (including phenoxy) is 1. The zero-order chi connectivity index (χ0) is 26.2. The van der Waals surface area contributed by atoms with Crippen molar-refractivity contribution in [1.82, 2.24) is 0 Å². The Morgan fingerprint density at radius 3 is 2.14 bits per heavy atom. The molecule has 1 nitrogen and oxygen atoms in total. The van der Waals surface area contributed by atoms with Crippen LogP contribution in [0, 0.1) is 17.5 Å². The molecular formula is C33H39F3O. The molecule has 0 unspecified atom stereocenters. The molecule has 37 heavy (non-hydrogen) atoms. The van der Waals surface area contributed by atoms with Gasteiger partial charge in [-0.25, -0.2) is 13.2 Å². The van der Waals surface area contributed by atoms with E-state index < -0.39 is 11.6 Å². The van der Waals surface area contributed by atoms with Crippen LogP contribution in [-0.4, -0.2) is 6.10 Å². The lowest BCUT2D eigenvalue weighted by molar-refractivity contribution is 0.0119. The van der Waals surface area contributed by atoms with E-state index in [0.717, 1.165) is 75.3 Å². The molecule has 0 heterocycles. The quantitative estimate of drug-likeness (QED) is 0.234. The largest absolute Gasteiger partial charge is 0.373 e. The summed E-state index contributed by atoms with van der Waals surface area (Å²) < 4.78 is 50.3. The second kappa shape index (κ2) is 13.3. The van der Waals surface area contributed by atoms with Crippen molar-refractivity contribution in [1.29, 1.82) is 0 Å². The van der Waals surface area contributed by atoms with E-state index in [1.807, 2.05) is 30.3 Å². The van der Waals surface area contributed by atoms with E-state index in [-0.39, 0.29) is 29.7 Å². The van der Waals surface area contributed by atoms with Gasteiger partial charge in [0.2, 0.25) is 0 Å². The van der Waals surface area contributed by atoms with E-state index in [1.165, 1.54) is 5.56 Å². The molecule has 0 saturated heterocycles. The first kappa shape index (κ1) is 27.4. The molecule has 1 aliphatic rings. The first-order chi connectivity index (χ1) is 18.0. The molecule has 3 aromatic carbocycles. The second-order valence-corrected chi connectivity index (χ2v) is 10.4. The van der Waals surface area contributed by atoms with Gasteiger partial charge in [-0.1, -0.05) is 81.6 Å². The van der Waals surface area contributed by atoms with Crippen LogP contribution in [0.25, 0.3) is 11.1 Å². The van der Waals surface area contributed by atoms with E-state index >= 15 is 0 Å². The molecule has 0 N–H and O–H groups in total. The average Bonchev–Trinajstić information content (AvgIpc) is 2.92. The van der Waals surface area contributed by atoms with E-state index in [4.69, 9.17) is 4.74 Å². The summed E-state index contributed by atoms with van der Waals surface area (Å²) in [5.74, 6) is -1.44. The zero-order valence-corrected chi connectivity index (χ0v) is 22.2. The van der Waals surface area contributed by atoms with Gasteiger partial charge in [-0.2, -0.15) is 0 Å². The van der Waals surface area contributed by atoms with Crippen LogP contribution in [0.5, 0.6) is 0 Å². The fraction of sp³-hybridized carbons (Fsp3) is 0.455. The topological polar surface area (TPSA) is 9.23 Å². The molecule has 0 bridgehead atoms. The van der Waals surface area contributed by atoms with Crippen LogP contribution in [0.3, 0.4) is 0 Å². The third-order valence-electron chi connectivity index (χ3n) is 7.71. The Kier molecular flexibility index (Phi) is 9.85. The average molecular weight is 509 g/mol. The predicted octanol–water partition coefficient (Wildman–Crippen LogP) is 9.70. The van der Waals surface area contributed by atoms with Crippen LogP contribution in [0.2, 0.25) is 0 Å². The molecular weight excluding hydrogens is 469 g/mol. The van der Waals surface area contributed by atoms with Crippen molar-refractivity contribution >= 4 is 0 Å². The van der Waals surface area contributed by atoms with Gasteiger partial charge in [0.1, 0.15) is 5.82 Å². The maximum absolute atomic E-state index is 14.9. The van der Waals surface area contributed by atoms with Crippen LogP contribution in [0.1, 0.15) is 93.4 Å². The fourth-order valence-corrected chi connectivity index (χ4v) is 5.42. The number of unbranched alkanes of at least 4 members (excludes halogenated alkanes) is 2. The summed E-state index contributed by atoms with van der Waals surface area (Å²) in [4.78, 5) is 0. The highest BCUT2D eigenvalue weighted by Gasteiger charge is 2.24. The Balaban J connectivity index is 1.30. The molecule has 198 valence electrons. The highest BCUT2D eigenvalue weighted by atomic mass is 19.2. The normalized spacial score (nSPS) is 17.8. The summed E-state index contributed by atoms with van der Waals surface area (Å²) in [6, 6.07) is 16.7. The molecule has 1 aliphatic carbocycles. The van der Waals surface area contributed by atoms with Crippen LogP contribution in [-0.2, 0) is 24.2 Å². The van der Waals surface area contributed by atoms with Gasteiger partial charge < -0.3 is 4.74 Å². The standard InChI is InChI=1S/C33H39F3O/c1-3-5-6-8-26-13-14-27(21-31(26)34)24-15-18-29(19-16-24)37-22-28-17-20-30(33(36)32(28)35)25-11-9-23(7-4-2)10-12-25/h9-14,17,20-21,24,29H,3-8,15-16,18-19,22H2,1-2H3. The molecule has 4 heteroatoms. The number of hydrogen-bond donors (Lipinski definition) is 0. The molecule has 0 spiro atoms. The van der Waals surface area contributed by atoms with Crippen molar-refractivity contribution in [2.75, 3.05) is 0 Å². The Hall–Kier alpha value is -2.59. The lowest BCUT2D eigenvalue weighted by Crippen LogP contribution is -2.21. The highest BCUT2D eigenvalue weighted by Crippen LogP contribution is 2.35. The monoisotopic (exact) mass is 508 g/mol. The number of rotatable bonds is 11. The predicted molar refractivity (Wildman–Crippen MR) is 145 cm³/mol. The summed E-state index contributed by atoms with van der Waals surface area (Å²) in [6.07, 6.45) is 9.56. The Bertz CT molecular complexity index is 1150. The van der Waals surface area contributed by atoms with Gasteiger partial charge in [-0.3, -0.25) is 0 Å². The summed E-state index contributed by atoms with van der Waals surface area (Å²) in [7, 11) is 0. The summed E-state index contributed by atoms with van der Waals surface area (Å²) in [6.45, 7) is 4.32. The van der Waals surface area contributed by atoms with Crippen molar-refractivity contribution < 1.29 is 17.9 Å². The van der Waals surface area contributed by atoms with Crippen LogP contribution < -0.4 is 0 Å². The van der Waals surface area contributed by atoms with Crippen molar-refractivity contribution in [2.45, 2.75) is 96.7 Å². The van der Waals surface area contributed by atoms with Crippen LogP contribution in [0.15, 0.2) is 54.6 Å². The van der Waals surface area contributed by atoms with Crippen LogP contribution >= 0.6 is 0 Å². The maximum atomic E-state index is 14.9. The first-order valence-electron chi connectivity index (χ1n) is 14.0. The Labute approximate surface area is 220 Å². The molecule has 4 rings (SSSR count). The third-order valence-corrected chi connectivity index (χ3v) is 7.71. The maximum Gasteiger partial charge on any atom is 0.167 e. The number of hydrogen-bond acceptors (Lipinski definition) is 1. The van der Waals surface area contributed by atoms with E-state index in [1.54, 1.807) is 18.2 Å². The molecule has 0 atom stereocenters. The Morgan fingerprint density at radius 2 is 1.46 bits per heavy atom. The molecule has 1 fully saturated rings. The number of benzene rings is 3. The van der Waals surface area contributed by atoms with Crippen molar-refractivity contribution in [3.63, 3.8) is 0 Å². The molecule has 1 saturated carbocycles. The summed E-state index contributed by atoms with van der Waals surface area (Å²) in [5.41, 5.74) is 4.24. The molecule has 0 amide bonds. The van der Waals surface area contributed by atoms with Crippen molar-refractivity contribution in [3.05, 3.63) is 94.3 Å². The van der Waals surface area contributed by atoms with Gasteiger partial charge in [-0.15, -0.1) is 0 Å². The summed E-state index contributed by atoms with van der Waals surface area (Å²) in [5, 5.41) is 0. The van der Waals surface area contributed by atoms with Gasteiger partial charge in [0, 0.05) is 11.1 Å². The Morgan fingerprint density at radius 1 is 0.730 bits per heavy atom. The van der Waals surface area contributed by atoms with Gasteiger partial charge in [0.05, 0.1) is 12.7 Å². The third kappa shape index (κ3) is 7.04. The molecule has 3 aromatic rings. The van der Waals surface area contributed by atoms with Crippen molar-refractivity contribution in [2.24, 2.45) is 0 Å². The van der Waals surface area contributed by atoms with Gasteiger partial charge in [0.25, 0.3) is 0 Å². The van der Waals surface area contributed by atoms with Gasteiger partial charge >= 0.3 is 0 Å². The van der Waals surface area contributed by atoms with Gasteiger partial charge in [0.15, 0.2) is 11.6 Å². The van der Waals surface area contributed by atoms with E-state index in [0.29, 0.717) is 11.5 Å². The SMILES string of the molecule is CCCCCc1ccc(C2CCC(OCc3ccc(-c4ccc(CCC)cc4)c(F)c3F)CC2)cc1F. The molecule has 0 aromatic heterocycles. The molecule has 0 aliphatic heterocycles. The highest BCUT2D eigenvalue weighted by molar-refractivity contribution is 5.65. The minimum Gasteiger partial charge on any atom is -0.373 e. The first-order valence-corrected chi connectivity index (χ1v) is 14.0. The minimum atomic E-state index is -0.835. The molecule has 0 radical (unpaired) electrons. The van der Waals surface area contributed by atoms with E-state index in [9.17, 15) is 13.2 Å². The summed E-state index contributed by atoms with van der Waals surface area (Å²) >= 11 is 0. The minimum absolute atomic E-state index is 0.00246. The smallest absolute Gasteiger partial charge is 0.167 e. The van der Waals surface area contributed by atoms with Crippen molar-refractivity contribution in [3.8, 4) is 11.1 Å². The van der Waals surface area contributed by atoms with Gasteiger partial charge in [-0.05, 0) is 79.2 Å². The zero-order valence-electron chi connectivity index (χ0n) is 22.2. The number of aryl methyl sites for hydroxylation is 2. The van der Waals surface area contributed by atoms with Crippen LogP contribution in [0.4, 0.5) is 13.2 Å². The number of halogens is 3. The lowest BCUT2D eigenvalue weighted by atomic mass is 9.82.